The quantitative estimate of drug-likeness (QED) is 0.205. The molecule has 0 bridgehead atoms. The number of carbonyl (C=O) groups excluding carboxylic acids is 2. The molecule has 37 heavy (non-hydrogen) atoms. The standard InChI is InChI=1S/C25H34BIN2O7S/c1-6-17-14-20(26(32)33)11-10-18(17)8-7-9-23(30)28-21-12-13-22(37(27,34)35)19(15-21)16-29(5)24(31)36-25(2,3)4/h10-15,32-33H,6-9,16H2,1-5H3,(H,28,30). The van der Waals surface area contributed by atoms with Gasteiger partial charge in [0, 0.05) is 19.2 Å². The Labute approximate surface area is 231 Å². The van der Waals surface area contributed by atoms with Gasteiger partial charge in [0.05, 0.1) is 32.6 Å². The van der Waals surface area contributed by atoms with E-state index in [1.807, 2.05) is 13.0 Å². The Kier molecular flexibility index (Phi) is 11.0. The summed E-state index contributed by atoms with van der Waals surface area (Å²) in [6.07, 6.45) is 1.61. The lowest BCUT2D eigenvalue weighted by atomic mass is 9.78. The molecule has 0 spiro atoms. The maximum Gasteiger partial charge on any atom is 0.488 e. The molecule has 0 aromatic heterocycles. The molecule has 12 heteroatoms. The number of rotatable bonds is 10. The van der Waals surface area contributed by atoms with E-state index in [1.165, 1.54) is 45.3 Å². The lowest BCUT2D eigenvalue weighted by Gasteiger charge is -2.25. The van der Waals surface area contributed by atoms with E-state index >= 15 is 0 Å². The summed E-state index contributed by atoms with van der Waals surface area (Å²) >= 11 is 1.35. The highest BCUT2D eigenvalue weighted by molar-refractivity contribution is 14.2. The number of ether oxygens (including phenoxy) is 1. The van der Waals surface area contributed by atoms with Crippen LogP contribution in [0, 0.1) is 0 Å². The Balaban J connectivity index is 2.09. The summed E-state index contributed by atoms with van der Waals surface area (Å²) in [5, 5.41) is 21.5. The van der Waals surface area contributed by atoms with E-state index in [9.17, 15) is 28.1 Å². The van der Waals surface area contributed by atoms with E-state index in [2.05, 4.69) is 5.32 Å². The summed E-state index contributed by atoms with van der Waals surface area (Å²) in [6.45, 7) is 7.19. The van der Waals surface area contributed by atoms with Crippen LogP contribution in [0.4, 0.5) is 10.5 Å². The summed E-state index contributed by atoms with van der Waals surface area (Å²) in [7, 11) is -3.60. The molecule has 2 aromatic rings. The van der Waals surface area contributed by atoms with Gasteiger partial charge in [-0.05, 0) is 80.4 Å². The van der Waals surface area contributed by atoms with Gasteiger partial charge in [-0.2, -0.15) is 0 Å². The van der Waals surface area contributed by atoms with Crippen LogP contribution < -0.4 is 10.8 Å². The van der Waals surface area contributed by atoms with Gasteiger partial charge >= 0.3 is 13.2 Å². The Morgan fingerprint density at radius 3 is 2.32 bits per heavy atom. The van der Waals surface area contributed by atoms with Crippen molar-refractivity contribution in [2.45, 2.75) is 70.4 Å². The van der Waals surface area contributed by atoms with Gasteiger partial charge in [-0.15, -0.1) is 0 Å². The zero-order valence-corrected chi connectivity index (χ0v) is 24.7. The van der Waals surface area contributed by atoms with Crippen molar-refractivity contribution in [3.05, 3.63) is 53.1 Å². The Hall–Kier alpha value is -2.16. The Morgan fingerprint density at radius 1 is 1.08 bits per heavy atom. The number of nitrogens with one attached hydrogen (secondary N) is 1. The second-order valence-electron chi connectivity index (χ2n) is 9.75. The van der Waals surface area contributed by atoms with Gasteiger partial charge in [0.2, 0.25) is 12.9 Å². The van der Waals surface area contributed by atoms with Crippen LogP contribution in [-0.4, -0.2) is 55.1 Å². The van der Waals surface area contributed by atoms with Gasteiger partial charge in [-0.3, -0.25) is 4.79 Å². The fourth-order valence-electron chi connectivity index (χ4n) is 3.72. The smallest absolute Gasteiger partial charge is 0.444 e. The van der Waals surface area contributed by atoms with E-state index in [4.69, 9.17) is 4.74 Å². The fraction of sp³-hybridized carbons (Fsp3) is 0.440. The lowest BCUT2D eigenvalue weighted by molar-refractivity contribution is -0.116. The maximum atomic E-state index is 12.6. The molecule has 0 saturated carbocycles. The van der Waals surface area contributed by atoms with Crippen molar-refractivity contribution >= 4 is 58.5 Å². The molecule has 0 aliphatic rings. The van der Waals surface area contributed by atoms with Crippen LogP contribution in [-0.2, 0) is 35.9 Å². The fourth-order valence-corrected chi connectivity index (χ4v) is 5.68. The molecular formula is C25H34BIN2O7S. The molecule has 0 fully saturated rings. The highest BCUT2D eigenvalue weighted by atomic mass is 127. The SMILES string of the molecule is CCc1cc(B(O)O)ccc1CCCC(=O)Nc1ccc(S(=O)(=O)I)c(CN(C)C(=O)OC(C)(C)C)c1. The summed E-state index contributed by atoms with van der Waals surface area (Å²) in [4.78, 5) is 26.3. The van der Waals surface area contributed by atoms with Crippen molar-refractivity contribution in [2.24, 2.45) is 0 Å². The number of aryl methyl sites for hydroxylation is 2. The Morgan fingerprint density at radius 2 is 1.76 bits per heavy atom. The molecule has 2 amide bonds. The molecule has 3 N–H and O–H groups in total. The normalized spacial score (nSPS) is 11.7. The zero-order valence-electron chi connectivity index (χ0n) is 21.7. The third-order valence-corrected chi connectivity index (χ3v) is 7.83. The van der Waals surface area contributed by atoms with E-state index in [1.54, 1.807) is 39.0 Å². The first-order valence-corrected chi connectivity index (χ1v) is 15.9. The molecule has 0 heterocycles. The van der Waals surface area contributed by atoms with Crippen molar-refractivity contribution in [1.82, 2.24) is 4.90 Å². The van der Waals surface area contributed by atoms with Gasteiger partial charge in [0.15, 0.2) is 0 Å². The monoisotopic (exact) mass is 644 g/mol. The number of benzene rings is 2. The van der Waals surface area contributed by atoms with Crippen LogP contribution in [0.3, 0.4) is 0 Å². The average Bonchev–Trinajstić information content (AvgIpc) is 2.77. The van der Waals surface area contributed by atoms with Crippen LogP contribution in [0.5, 0.6) is 0 Å². The van der Waals surface area contributed by atoms with Gasteiger partial charge in [0.25, 0.3) is 0 Å². The van der Waals surface area contributed by atoms with Crippen molar-refractivity contribution in [1.29, 1.82) is 0 Å². The first-order valence-electron chi connectivity index (χ1n) is 11.9. The molecule has 0 aliphatic heterocycles. The van der Waals surface area contributed by atoms with Gasteiger partial charge in [0.1, 0.15) is 5.60 Å². The van der Waals surface area contributed by atoms with Crippen LogP contribution in [0.2, 0.25) is 0 Å². The first kappa shape index (κ1) is 31.1. The Bertz CT molecular complexity index is 1230. The van der Waals surface area contributed by atoms with Crippen molar-refractivity contribution in [3.63, 3.8) is 0 Å². The predicted molar refractivity (Wildman–Crippen MR) is 153 cm³/mol. The number of anilines is 1. The minimum absolute atomic E-state index is 0.0193. The molecule has 202 valence electrons. The lowest BCUT2D eigenvalue weighted by Crippen LogP contribution is -2.34. The van der Waals surface area contributed by atoms with E-state index in [0.29, 0.717) is 29.6 Å². The summed E-state index contributed by atoms with van der Waals surface area (Å²) in [5.41, 5.74) is 2.57. The molecule has 0 saturated heterocycles. The number of hydrogen-bond donors (Lipinski definition) is 3. The van der Waals surface area contributed by atoms with E-state index in [-0.39, 0.29) is 23.8 Å². The molecule has 2 rings (SSSR count). The number of halogens is 1. The van der Waals surface area contributed by atoms with Gasteiger partial charge in [-0.1, -0.05) is 25.1 Å². The minimum atomic E-state index is -3.60. The summed E-state index contributed by atoms with van der Waals surface area (Å²) < 4.78 is 29.9. The second kappa shape index (κ2) is 13.1. The topological polar surface area (TPSA) is 133 Å². The predicted octanol–water partition coefficient (Wildman–Crippen LogP) is 3.38. The molecule has 0 radical (unpaired) electrons. The van der Waals surface area contributed by atoms with Crippen LogP contribution >= 0.6 is 21.2 Å². The number of carbonyl (C=O) groups is 2. The zero-order chi connectivity index (χ0) is 28.0. The summed E-state index contributed by atoms with van der Waals surface area (Å²) in [5.74, 6) is -0.225. The van der Waals surface area contributed by atoms with Crippen LogP contribution in [0.1, 0.15) is 57.2 Å². The highest BCUT2D eigenvalue weighted by Gasteiger charge is 2.23. The average molecular weight is 644 g/mol. The van der Waals surface area contributed by atoms with Crippen molar-refractivity contribution in [3.8, 4) is 0 Å². The highest BCUT2D eigenvalue weighted by Crippen LogP contribution is 2.27. The van der Waals surface area contributed by atoms with E-state index in [0.717, 1.165) is 17.5 Å². The third kappa shape index (κ3) is 9.91. The number of nitrogens with zero attached hydrogens (tertiary/aromatic N) is 1. The van der Waals surface area contributed by atoms with Crippen LogP contribution in [0.15, 0.2) is 41.3 Å². The maximum absolute atomic E-state index is 12.6. The van der Waals surface area contributed by atoms with Crippen LogP contribution in [0.25, 0.3) is 0 Å². The van der Waals surface area contributed by atoms with Gasteiger partial charge in [-0.25, -0.2) is 13.2 Å². The first-order chi connectivity index (χ1) is 17.1. The largest absolute Gasteiger partial charge is 0.488 e. The number of amides is 2. The molecule has 0 aliphatic carbocycles. The molecule has 2 aromatic carbocycles. The number of hydrogen-bond acceptors (Lipinski definition) is 7. The van der Waals surface area contributed by atoms with Gasteiger partial charge < -0.3 is 25.0 Å². The molecule has 0 unspecified atom stereocenters. The van der Waals surface area contributed by atoms with Crippen molar-refractivity contribution in [2.75, 3.05) is 12.4 Å². The minimum Gasteiger partial charge on any atom is -0.444 e. The molecule has 0 atom stereocenters. The second-order valence-corrected chi connectivity index (χ2v) is 14.5. The third-order valence-electron chi connectivity index (χ3n) is 5.48. The molecular weight excluding hydrogens is 610 g/mol. The van der Waals surface area contributed by atoms with E-state index < -0.39 is 25.8 Å². The van der Waals surface area contributed by atoms with Crippen molar-refractivity contribution < 1.29 is 32.8 Å². The molecule has 9 nitrogen and oxygen atoms in total. The summed E-state index contributed by atoms with van der Waals surface area (Å²) in [6, 6.07) is 9.77.